The van der Waals surface area contributed by atoms with E-state index in [1.54, 1.807) is 7.05 Å². The van der Waals surface area contributed by atoms with Crippen molar-refractivity contribution in [2.24, 2.45) is 12.0 Å². The minimum absolute atomic E-state index is 0.772. The quantitative estimate of drug-likeness (QED) is 0.660. The number of aliphatic imine (C=N–C) groups is 1. The highest BCUT2D eigenvalue weighted by molar-refractivity contribution is 5.79. The summed E-state index contributed by atoms with van der Waals surface area (Å²) in [4.78, 5) is 4.23. The molecule has 0 saturated heterocycles. The van der Waals surface area contributed by atoms with Crippen molar-refractivity contribution in [1.82, 2.24) is 15.2 Å². The zero-order chi connectivity index (χ0) is 14.4. The first-order valence-electron chi connectivity index (χ1n) is 6.78. The number of aryl methyl sites for hydroxylation is 2. The SMILES string of the molecule is CN=C(NCc1ccc(C)cc1)NCc1ccn(C)c1. The van der Waals surface area contributed by atoms with Crippen LogP contribution in [-0.4, -0.2) is 17.6 Å². The summed E-state index contributed by atoms with van der Waals surface area (Å²) in [5.74, 6) is 0.814. The molecular formula is C16H22N4. The molecule has 0 aliphatic rings. The first-order valence-corrected chi connectivity index (χ1v) is 6.78. The molecule has 20 heavy (non-hydrogen) atoms. The van der Waals surface area contributed by atoms with Gasteiger partial charge in [0.1, 0.15) is 0 Å². The predicted octanol–water partition coefficient (Wildman–Crippen LogP) is 2.20. The maximum atomic E-state index is 4.23. The number of rotatable bonds is 4. The van der Waals surface area contributed by atoms with Gasteiger partial charge in [0.15, 0.2) is 5.96 Å². The van der Waals surface area contributed by atoms with E-state index in [2.05, 4.69) is 59.1 Å². The van der Waals surface area contributed by atoms with Crippen molar-refractivity contribution in [1.29, 1.82) is 0 Å². The number of nitrogens with one attached hydrogen (secondary N) is 2. The van der Waals surface area contributed by atoms with Gasteiger partial charge in [-0.1, -0.05) is 29.8 Å². The fourth-order valence-corrected chi connectivity index (χ4v) is 1.96. The normalized spacial score (nSPS) is 11.4. The maximum Gasteiger partial charge on any atom is 0.191 e. The molecule has 2 aromatic rings. The van der Waals surface area contributed by atoms with Gasteiger partial charge in [-0.2, -0.15) is 0 Å². The molecule has 1 heterocycles. The van der Waals surface area contributed by atoms with Crippen molar-refractivity contribution in [3.8, 4) is 0 Å². The van der Waals surface area contributed by atoms with Gasteiger partial charge in [0.05, 0.1) is 0 Å². The molecule has 0 saturated carbocycles. The van der Waals surface area contributed by atoms with Crippen molar-refractivity contribution in [3.63, 3.8) is 0 Å². The van der Waals surface area contributed by atoms with Gasteiger partial charge in [-0.3, -0.25) is 4.99 Å². The van der Waals surface area contributed by atoms with Gasteiger partial charge < -0.3 is 15.2 Å². The number of guanidine groups is 1. The van der Waals surface area contributed by atoms with Crippen LogP contribution in [0.5, 0.6) is 0 Å². The topological polar surface area (TPSA) is 41.4 Å². The monoisotopic (exact) mass is 270 g/mol. The molecule has 1 aromatic heterocycles. The van der Waals surface area contributed by atoms with Crippen LogP contribution in [0.3, 0.4) is 0 Å². The highest BCUT2D eigenvalue weighted by atomic mass is 15.2. The molecule has 0 aliphatic carbocycles. The Morgan fingerprint density at radius 3 is 2.25 bits per heavy atom. The number of benzene rings is 1. The van der Waals surface area contributed by atoms with E-state index in [9.17, 15) is 0 Å². The largest absolute Gasteiger partial charge is 0.357 e. The Kier molecular flexibility index (Phi) is 4.82. The van der Waals surface area contributed by atoms with Gasteiger partial charge in [-0.25, -0.2) is 0 Å². The number of hydrogen-bond acceptors (Lipinski definition) is 1. The Balaban J connectivity index is 1.82. The molecule has 0 atom stereocenters. The van der Waals surface area contributed by atoms with Gasteiger partial charge in [0, 0.05) is 39.6 Å². The summed E-state index contributed by atoms with van der Waals surface area (Å²) in [5, 5.41) is 6.62. The van der Waals surface area contributed by atoms with Crippen LogP contribution in [0.15, 0.2) is 47.7 Å². The lowest BCUT2D eigenvalue weighted by Gasteiger charge is -2.11. The smallest absolute Gasteiger partial charge is 0.191 e. The average Bonchev–Trinajstić information content (AvgIpc) is 2.87. The Bertz CT molecular complexity index is 566. The molecule has 0 spiro atoms. The average molecular weight is 270 g/mol. The molecule has 4 nitrogen and oxygen atoms in total. The maximum absolute atomic E-state index is 4.23. The molecule has 1 aromatic carbocycles. The molecule has 0 radical (unpaired) electrons. The summed E-state index contributed by atoms with van der Waals surface area (Å²) in [6.07, 6.45) is 4.14. The lowest BCUT2D eigenvalue weighted by molar-refractivity contribution is 0.806. The van der Waals surface area contributed by atoms with Crippen molar-refractivity contribution < 1.29 is 0 Å². The third kappa shape index (κ3) is 4.16. The van der Waals surface area contributed by atoms with Crippen LogP contribution >= 0.6 is 0 Å². The standard InChI is InChI=1S/C16H22N4/c1-13-4-6-14(7-5-13)10-18-16(17-2)19-11-15-8-9-20(3)12-15/h4-9,12H,10-11H2,1-3H3,(H2,17,18,19). The summed E-state index contributed by atoms with van der Waals surface area (Å²) in [6, 6.07) is 10.6. The number of hydrogen-bond donors (Lipinski definition) is 2. The highest BCUT2D eigenvalue weighted by Gasteiger charge is 1.99. The molecule has 0 bridgehead atoms. The molecule has 106 valence electrons. The van der Waals surface area contributed by atoms with E-state index < -0.39 is 0 Å². The number of nitrogens with zero attached hydrogens (tertiary/aromatic N) is 2. The van der Waals surface area contributed by atoms with Gasteiger partial charge in [-0.05, 0) is 24.1 Å². The fourth-order valence-electron chi connectivity index (χ4n) is 1.96. The Labute approximate surface area is 120 Å². The van der Waals surface area contributed by atoms with Gasteiger partial charge in [0.2, 0.25) is 0 Å². The molecule has 2 rings (SSSR count). The highest BCUT2D eigenvalue weighted by Crippen LogP contribution is 2.02. The number of aromatic nitrogens is 1. The Morgan fingerprint density at radius 2 is 1.70 bits per heavy atom. The van der Waals surface area contributed by atoms with Crippen LogP contribution in [0.1, 0.15) is 16.7 Å². The third-order valence-corrected chi connectivity index (χ3v) is 3.16. The summed E-state index contributed by atoms with van der Waals surface area (Å²) in [7, 11) is 3.81. The zero-order valence-electron chi connectivity index (χ0n) is 12.4. The summed E-state index contributed by atoms with van der Waals surface area (Å²) in [5.41, 5.74) is 3.77. The first kappa shape index (κ1) is 14.2. The van der Waals surface area contributed by atoms with Crippen molar-refractivity contribution in [2.75, 3.05) is 7.05 Å². The second-order valence-corrected chi connectivity index (χ2v) is 4.95. The second-order valence-electron chi connectivity index (χ2n) is 4.95. The van der Waals surface area contributed by atoms with E-state index in [1.807, 2.05) is 17.8 Å². The molecule has 0 amide bonds. The van der Waals surface area contributed by atoms with E-state index in [0.29, 0.717) is 0 Å². The van der Waals surface area contributed by atoms with Crippen LogP contribution < -0.4 is 10.6 Å². The van der Waals surface area contributed by atoms with Crippen molar-refractivity contribution in [2.45, 2.75) is 20.0 Å². The minimum atomic E-state index is 0.772. The van der Waals surface area contributed by atoms with Crippen LogP contribution in [0.4, 0.5) is 0 Å². The lowest BCUT2D eigenvalue weighted by Crippen LogP contribution is -2.36. The van der Waals surface area contributed by atoms with E-state index >= 15 is 0 Å². The lowest BCUT2D eigenvalue weighted by atomic mass is 10.1. The van der Waals surface area contributed by atoms with Crippen molar-refractivity contribution >= 4 is 5.96 Å². The first-order chi connectivity index (χ1) is 9.67. The minimum Gasteiger partial charge on any atom is -0.357 e. The summed E-state index contributed by atoms with van der Waals surface area (Å²) in [6.45, 7) is 3.64. The molecule has 0 fully saturated rings. The fraction of sp³-hybridized carbons (Fsp3) is 0.312. The molecular weight excluding hydrogens is 248 g/mol. The Hall–Kier alpha value is -2.23. The third-order valence-electron chi connectivity index (χ3n) is 3.16. The van der Waals surface area contributed by atoms with E-state index in [-0.39, 0.29) is 0 Å². The van der Waals surface area contributed by atoms with Crippen LogP contribution in [0.25, 0.3) is 0 Å². The summed E-state index contributed by atoms with van der Waals surface area (Å²) >= 11 is 0. The van der Waals surface area contributed by atoms with E-state index in [1.165, 1.54) is 16.7 Å². The summed E-state index contributed by atoms with van der Waals surface area (Å²) < 4.78 is 2.04. The van der Waals surface area contributed by atoms with Gasteiger partial charge >= 0.3 is 0 Å². The van der Waals surface area contributed by atoms with Crippen molar-refractivity contribution in [3.05, 3.63) is 59.4 Å². The molecule has 2 N–H and O–H groups in total. The molecule has 0 unspecified atom stereocenters. The second kappa shape index (κ2) is 6.80. The van der Waals surface area contributed by atoms with Crippen LogP contribution in [-0.2, 0) is 20.1 Å². The van der Waals surface area contributed by atoms with Gasteiger partial charge in [0.25, 0.3) is 0 Å². The predicted molar refractivity (Wildman–Crippen MR) is 83.6 cm³/mol. The van der Waals surface area contributed by atoms with Crippen LogP contribution in [0, 0.1) is 6.92 Å². The zero-order valence-corrected chi connectivity index (χ0v) is 12.4. The van der Waals surface area contributed by atoms with E-state index in [4.69, 9.17) is 0 Å². The Morgan fingerprint density at radius 1 is 1.05 bits per heavy atom. The molecule has 0 aliphatic heterocycles. The van der Waals surface area contributed by atoms with E-state index in [0.717, 1.165) is 19.0 Å². The van der Waals surface area contributed by atoms with Crippen LogP contribution in [0.2, 0.25) is 0 Å². The van der Waals surface area contributed by atoms with Gasteiger partial charge in [-0.15, -0.1) is 0 Å². The molecule has 4 heteroatoms.